The van der Waals surface area contributed by atoms with E-state index in [9.17, 15) is 14.4 Å². The molecule has 0 aromatic heterocycles. The van der Waals surface area contributed by atoms with Crippen LogP contribution in [0, 0.1) is 5.41 Å². The summed E-state index contributed by atoms with van der Waals surface area (Å²) >= 11 is 6.20. The first-order valence-electron chi connectivity index (χ1n) is 13.3. The van der Waals surface area contributed by atoms with E-state index in [4.69, 9.17) is 26.8 Å². The molecule has 3 atom stereocenters. The molecular formula is C30H39ClN4O5. The highest BCUT2D eigenvalue weighted by Crippen LogP contribution is 2.29. The third-order valence-corrected chi connectivity index (χ3v) is 6.99. The van der Waals surface area contributed by atoms with Crippen molar-refractivity contribution in [2.45, 2.75) is 58.7 Å². The summed E-state index contributed by atoms with van der Waals surface area (Å²) in [5.41, 5.74) is 9.77. The molecule has 2 aromatic carbocycles. The lowest BCUT2D eigenvalue weighted by Crippen LogP contribution is -2.55. The maximum Gasteiger partial charge on any atom is 0.339 e. The van der Waals surface area contributed by atoms with Gasteiger partial charge in [0.2, 0.25) is 0 Å². The summed E-state index contributed by atoms with van der Waals surface area (Å²) in [7, 11) is 1.58. The number of amides is 3. The highest BCUT2D eigenvalue weighted by Gasteiger charge is 2.33. The van der Waals surface area contributed by atoms with Crippen LogP contribution in [0.3, 0.4) is 0 Å². The van der Waals surface area contributed by atoms with Crippen LogP contribution in [0.1, 0.15) is 44.7 Å². The number of urea groups is 1. The summed E-state index contributed by atoms with van der Waals surface area (Å²) in [6, 6.07) is 13.6. The maximum atomic E-state index is 13.8. The second kappa shape index (κ2) is 14.2. The predicted octanol–water partition coefficient (Wildman–Crippen LogP) is 4.48. The van der Waals surface area contributed by atoms with Gasteiger partial charge in [-0.2, -0.15) is 0 Å². The van der Waals surface area contributed by atoms with Crippen molar-refractivity contribution in [2.75, 3.05) is 20.3 Å². The van der Waals surface area contributed by atoms with Gasteiger partial charge in [-0.3, -0.25) is 15.0 Å². The first-order chi connectivity index (χ1) is 19.0. The number of rotatable bonds is 10. The van der Waals surface area contributed by atoms with Gasteiger partial charge in [0.05, 0.1) is 25.7 Å². The summed E-state index contributed by atoms with van der Waals surface area (Å²) in [5, 5.41) is 1.94. The molecule has 3 amide bonds. The largest absolute Gasteiger partial charge is 0.497 e. The van der Waals surface area contributed by atoms with E-state index >= 15 is 0 Å². The Balaban J connectivity index is 1.82. The average Bonchev–Trinajstić information content (AvgIpc) is 3.39. The van der Waals surface area contributed by atoms with Gasteiger partial charge in [-0.1, -0.05) is 54.9 Å². The van der Waals surface area contributed by atoms with E-state index in [0.29, 0.717) is 23.7 Å². The van der Waals surface area contributed by atoms with Gasteiger partial charge < -0.3 is 20.1 Å². The van der Waals surface area contributed by atoms with Crippen molar-refractivity contribution < 1.29 is 23.9 Å². The van der Waals surface area contributed by atoms with Crippen LogP contribution < -0.4 is 15.9 Å². The van der Waals surface area contributed by atoms with E-state index in [0.717, 1.165) is 24.0 Å². The maximum absolute atomic E-state index is 13.8. The zero-order valence-corrected chi connectivity index (χ0v) is 24.3. The molecule has 216 valence electrons. The van der Waals surface area contributed by atoms with Gasteiger partial charge in [0.15, 0.2) is 0 Å². The minimum Gasteiger partial charge on any atom is -0.497 e. The molecule has 9 nitrogen and oxygen atoms in total. The molecule has 1 aliphatic heterocycles. The number of carbonyl (C=O) groups excluding carboxylic acids is 3. The molecule has 0 spiro atoms. The SMILES string of the molecule is COc1ccc(CN(NC(=O)[C@H](C)N)C(=O)N2CCC[C@H]2C=C[C@](C)(COC(C)=O)Cc2cccc(Cl)c2)cc1. The monoisotopic (exact) mass is 570 g/mol. The molecule has 40 heavy (non-hydrogen) atoms. The summed E-state index contributed by atoms with van der Waals surface area (Å²) < 4.78 is 10.6. The molecule has 1 heterocycles. The topological polar surface area (TPSA) is 114 Å². The Bertz CT molecular complexity index is 1200. The van der Waals surface area contributed by atoms with E-state index < -0.39 is 17.4 Å². The zero-order chi connectivity index (χ0) is 29.3. The lowest BCUT2D eigenvalue weighted by atomic mass is 9.83. The van der Waals surface area contributed by atoms with Crippen molar-refractivity contribution in [1.29, 1.82) is 0 Å². The van der Waals surface area contributed by atoms with E-state index in [1.165, 1.54) is 11.9 Å². The van der Waals surface area contributed by atoms with E-state index in [1.807, 2.05) is 55.5 Å². The Morgan fingerprint density at radius 2 is 1.95 bits per heavy atom. The van der Waals surface area contributed by atoms with Crippen molar-refractivity contribution >= 4 is 29.5 Å². The van der Waals surface area contributed by atoms with Crippen molar-refractivity contribution in [2.24, 2.45) is 11.1 Å². The molecule has 0 bridgehead atoms. The molecule has 1 saturated heterocycles. The van der Waals surface area contributed by atoms with Crippen LogP contribution in [0.5, 0.6) is 5.75 Å². The molecule has 2 aromatic rings. The van der Waals surface area contributed by atoms with Gasteiger partial charge in [0, 0.05) is 23.9 Å². The minimum atomic E-state index is -0.783. The van der Waals surface area contributed by atoms with Crippen molar-refractivity contribution in [3.05, 3.63) is 76.8 Å². The Labute approximate surface area is 241 Å². The second-order valence-electron chi connectivity index (χ2n) is 10.5. The number of hydrogen-bond donors (Lipinski definition) is 2. The fraction of sp³-hybridized carbons (Fsp3) is 0.433. The molecule has 0 unspecified atom stereocenters. The lowest BCUT2D eigenvalue weighted by Gasteiger charge is -2.32. The van der Waals surface area contributed by atoms with E-state index in [-0.39, 0.29) is 31.2 Å². The Kier molecular flexibility index (Phi) is 11.0. The van der Waals surface area contributed by atoms with Crippen LogP contribution in [0.4, 0.5) is 4.79 Å². The van der Waals surface area contributed by atoms with Crippen LogP contribution in [0.15, 0.2) is 60.7 Å². The molecule has 0 radical (unpaired) electrons. The fourth-order valence-corrected chi connectivity index (χ4v) is 4.78. The number of likely N-dealkylation sites (tertiary alicyclic amines) is 1. The lowest BCUT2D eigenvalue weighted by molar-refractivity contribution is -0.143. The highest BCUT2D eigenvalue weighted by atomic mass is 35.5. The second-order valence-corrected chi connectivity index (χ2v) is 10.9. The molecule has 0 aliphatic carbocycles. The van der Waals surface area contributed by atoms with Gasteiger partial charge in [-0.25, -0.2) is 9.80 Å². The minimum absolute atomic E-state index is 0.160. The molecule has 1 aliphatic rings. The van der Waals surface area contributed by atoms with E-state index in [2.05, 4.69) is 5.43 Å². The smallest absolute Gasteiger partial charge is 0.339 e. The normalized spacial score (nSPS) is 17.2. The Morgan fingerprint density at radius 3 is 2.58 bits per heavy atom. The number of hydrazine groups is 1. The fourth-order valence-electron chi connectivity index (χ4n) is 4.57. The van der Waals surface area contributed by atoms with Crippen LogP contribution in [0.25, 0.3) is 0 Å². The number of methoxy groups -OCH3 is 1. The number of halogens is 1. The summed E-state index contributed by atoms with van der Waals surface area (Å²) in [5.74, 6) is -0.119. The molecule has 10 heteroatoms. The third kappa shape index (κ3) is 8.99. The Hall–Kier alpha value is -3.56. The standard InChI is InChI=1S/C30H39ClN4O5/c1-21(32)28(37)33-35(19-23-10-12-27(39-4)13-11-23)29(38)34-16-6-9-26(34)14-15-30(3,20-40-22(2)36)18-24-7-5-8-25(31)17-24/h5,7-8,10-15,17,21,26H,6,9,16,18-20,32H2,1-4H3,(H,33,37)/t21-,26-,30-/m0/s1. The quantitative estimate of drug-likeness (QED) is 0.247. The van der Waals surface area contributed by atoms with Gasteiger partial charge in [0.1, 0.15) is 12.4 Å². The number of ether oxygens (including phenoxy) is 2. The van der Waals surface area contributed by atoms with Crippen LogP contribution in [0.2, 0.25) is 5.02 Å². The molecule has 3 N–H and O–H groups in total. The number of benzene rings is 2. The number of carbonyl (C=O) groups is 3. The Morgan fingerprint density at radius 1 is 1.23 bits per heavy atom. The van der Waals surface area contributed by atoms with Crippen molar-refractivity contribution in [3.63, 3.8) is 0 Å². The first-order valence-corrected chi connectivity index (χ1v) is 13.7. The molecule has 1 fully saturated rings. The number of esters is 1. The van der Waals surface area contributed by atoms with Gasteiger partial charge in [0.25, 0.3) is 5.91 Å². The molecule has 0 saturated carbocycles. The van der Waals surface area contributed by atoms with Crippen molar-refractivity contribution in [3.8, 4) is 5.75 Å². The van der Waals surface area contributed by atoms with Gasteiger partial charge >= 0.3 is 12.0 Å². The molecular weight excluding hydrogens is 532 g/mol. The summed E-state index contributed by atoms with van der Waals surface area (Å²) in [4.78, 5) is 39.6. The first kappa shape index (κ1) is 31.0. The average molecular weight is 571 g/mol. The number of nitrogens with one attached hydrogen (secondary N) is 1. The number of nitrogens with zero attached hydrogens (tertiary/aromatic N) is 2. The number of hydrogen-bond acceptors (Lipinski definition) is 6. The zero-order valence-electron chi connectivity index (χ0n) is 23.6. The number of nitrogens with two attached hydrogens (primary N) is 1. The highest BCUT2D eigenvalue weighted by molar-refractivity contribution is 6.30. The van der Waals surface area contributed by atoms with Crippen molar-refractivity contribution in [1.82, 2.24) is 15.3 Å². The molecule has 3 rings (SSSR count). The van der Waals surface area contributed by atoms with E-state index in [1.54, 1.807) is 31.1 Å². The summed E-state index contributed by atoms with van der Waals surface area (Å²) in [6.45, 7) is 5.84. The van der Waals surface area contributed by atoms with Crippen LogP contribution in [-0.4, -0.2) is 60.2 Å². The van der Waals surface area contributed by atoms with Crippen LogP contribution >= 0.6 is 11.6 Å². The summed E-state index contributed by atoms with van der Waals surface area (Å²) in [6.07, 6.45) is 6.18. The van der Waals surface area contributed by atoms with Crippen LogP contribution in [-0.2, 0) is 27.3 Å². The van der Waals surface area contributed by atoms with Gasteiger partial charge in [-0.15, -0.1) is 0 Å². The predicted molar refractivity (Wildman–Crippen MR) is 154 cm³/mol. The van der Waals surface area contributed by atoms with Gasteiger partial charge in [-0.05, 0) is 61.6 Å². The third-order valence-electron chi connectivity index (χ3n) is 6.76.